The van der Waals surface area contributed by atoms with Crippen LogP contribution in [-0.4, -0.2) is 11.1 Å². The maximum Gasteiger partial charge on any atom is 0.329 e. The first-order chi connectivity index (χ1) is 7.39. The molecule has 1 rings (SSSR count). The highest BCUT2D eigenvalue weighted by molar-refractivity contribution is 5.80. The predicted molar refractivity (Wildman–Crippen MR) is 65.5 cm³/mol. The van der Waals surface area contributed by atoms with Gasteiger partial charge in [-0.05, 0) is 23.1 Å². The van der Waals surface area contributed by atoms with Gasteiger partial charge in [-0.25, -0.2) is 4.79 Å². The minimum atomic E-state index is -0.959. The Morgan fingerprint density at radius 1 is 1.25 bits per heavy atom. The fraction of sp³-hybridized carbons (Fsp3) is 0.308. The summed E-state index contributed by atoms with van der Waals surface area (Å²) in [5.41, 5.74) is 2.26. The first kappa shape index (κ1) is 12.3. The third-order valence-electron chi connectivity index (χ3n) is 2.23. The molecule has 0 aliphatic carbocycles. The summed E-state index contributed by atoms with van der Waals surface area (Å²) in [4.78, 5) is 10.2. The van der Waals surface area contributed by atoms with Crippen LogP contribution in [-0.2, 0) is 10.2 Å². The molecule has 3 heteroatoms. The molecule has 0 bridgehead atoms. The highest BCUT2D eigenvalue weighted by Crippen LogP contribution is 2.23. The highest BCUT2D eigenvalue weighted by atomic mass is 16.4. The van der Waals surface area contributed by atoms with Crippen LogP contribution in [0.1, 0.15) is 26.3 Å². The molecule has 0 heterocycles. The number of anilines is 1. The topological polar surface area (TPSA) is 49.3 Å². The zero-order chi connectivity index (χ0) is 12.2. The summed E-state index contributed by atoms with van der Waals surface area (Å²) in [7, 11) is 0. The highest BCUT2D eigenvalue weighted by Gasteiger charge is 2.12. The second-order valence-electron chi connectivity index (χ2n) is 4.64. The van der Waals surface area contributed by atoms with E-state index in [0.717, 1.165) is 11.8 Å². The molecule has 0 spiro atoms. The number of hydrogen-bond donors (Lipinski definition) is 2. The van der Waals surface area contributed by atoms with Crippen molar-refractivity contribution in [2.45, 2.75) is 26.2 Å². The number of carboxylic acid groups (broad SMARTS) is 1. The Bertz CT molecular complexity index is 385. The van der Waals surface area contributed by atoms with E-state index in [1.807, 2.05) is 24.3 Å². The van der Waals surface area contributed by atoms with E-state index in [1.54, 1.807) is 0 Å². The minimum absolute atomic E-state index is 0.134. The predicted octanol–water partition coefficient (Wildman–Crippen LogP) is 2.99. The molecule has 0 unspecified atom stereocenters. The van der Waals surface area contributed by atoms with E-state index in [1.165, 1.54) is 11.8 Å². The lowest BCUT2D eigenvalue weighted by molar-refractivity contribution is -0.131. The van der Waals surface area contributed by atoms with E-state index in [2.05, 4.69) is 26.1 Å². The van der Waals surface area contributed by atoms with Crippen molar-refractivity contribution in [3.63, 3.8) is 0 Å². The van der Waals surface area contributed by atoms with Gasteiger partial charge in [0.15, 0.2) is 0 Å². The molecule has 1 aromatic carbocycles. The van der Waals surface area contributed by atoms with Gasteiger partial charge in [0, 0.05) is 18.0 Å². The normalized spacial score (nSPS) is 11.7. The average molecular weight is 219 g/mol. The number of carboxylic acids is 1. The molecule has 86 valence electrons. The largest absolute Gasteiger partial charge is 0.478 e. The second-order valence-corrected chi connectivity index (χ2v) is 4.64. The number of nitrogens with one attached hydrogen (secondary N) is 1. The van der Waals surface area contributed by atoms with E-state index < -0.39 is 5.97 Å². The van der Waals surface area contributed by atoms with Gasteiger partial charge in [0.2, 0.25) is 0 Å². The summed E-state index contributed by atoms with van der Waals surface area (Å²) in [5, 5.41) is 11.3. The maximum absolute atomic E-state index is 10.2. The van der Waals surface area contributed by atoms with Gasteiger partial charge in [-0.2, -0.15) is 0 Å². The van der Waals surface area contributed by atoms with Gasteiger partial charge in [-0.1, -0.05) is 32.9 Å². The van der Waals surface area contributed by atoms with Crippen LogP contribution in [0.4, 0.5) is 5.69 Å². The molecule has 0 aliphatic heterocycles. The van der Waals surface area contributed by atoms with E-state index in [9.17, 15) is 4.79 Å². The molecule has 16 heavy (non-hydrogen) atoms. The minimum Gasteiger partial charge on any atom is -0.478 e. The van der Waals surface area contributed by atoms with Crippen molar-refractivity contribution in [1.29, 1.82) is 0 Å². The molecule has 0 aromatic heterocycles. The summed E-state index contributed by atoms with van der Waals surface area (Å²) in [6, 6.07) is 7.95. The number of aliphatic carboxylic acids is 1. The van der Waals surface area contributed by atoms with Crippen LogP contribution in [0.15, 0.2) is 36.5 Å². The molecule has 1 aromatic rings. The summed E-state index contributed by atoms with van der Waals surface area (Å²) in [5.74, 6) is -0.959. The fourth-order valence-electron chi connectivity index (χ4n) is 1.28. The van der Waals surface area contributed by atoms with Crippen LogP contribution in [0.5, 0.6) is 0 Å². The van der Waals surface area contributed by atoms with Crippen LogP contribution in [0.2, 0.25) is 0 Å². The van der Waals surface area contributed by atoms with Gasteiger partial charge in [0.1, 0.15) is 0 Å². The number of benzene rings is 1. The van der Waals surface area contributed by atoms with Gasteiger partial charge in [0.05, 0.1) is 0 Å². The van der Waals surface area contributed by atoms with Gasteiger partial charge in [-0.15, -0.1) is 0 Å². The van der Waals surface area contributed by atoms with Crippen LogP contribution in [0.3, 0.4) is 0 Å². The van der Waals surface area contributed by atoms with Gasteiger partial charge < -0.3 is 10.4 Å². The first-order valence-electron chi connectivity index (χ1n) is 5.16. The summed E-state index contributed by atoms with van der Waals surface area (Å²) in [6.07, 6.45) is 2.48. The number of carbonyl (C=O) groups is 1. The lowest BCUT2D eigenvalue weighted by atomic mass is 9.87. The van der Waals surface area contributed by atoms with Crippen molar-refractivity contribution in [2.75, 3.05) is 5.32 Å². The van der Waals surface area contributed by atoms with Gasteiger partial charge in [0.25, 0.3) is 0 Å². The van der Waals surface area contributed by atoms with Crippen LogP contribution < -0.4 is 5.32 Å². The molecule has 0 atom stereocenters. The van der Waals surface area contributed by atoms with Crippen molar-refractivity contribution in [1.82, 2.24) is 0 Å². The second kappa shape index (κ2) is 4.84. The zero-order valence-corrected chi connectivity index (χ0v) is 9.82. The molecule has 0 aliphatic rings. The van der Waals surface area contributed by atoms with Crippen molar-refractivity contribution in [3.05, 3.63) is 42.1 Å². The quantitative estimate of drug-likeness (QED) is 0.768. The summed E-state index contributed by atoms with van der Waals surface area (Å²) in [6.45, 7) is 6.46. The number of rotatable bonds is 3. The van der Waals surface area contributed by atoms with E-state index in [-0.39, 0.29) is 5.41 Å². The summed E-state index contributed by atoms with van der Waals surface area (Å²) < 4.78 is 0. The Morgan fingerprint density at radius 3 is 2.25 bits per heavy atom. The molecule has 0 fully saturated rings. The fourth-order valence-corrected chi connectivity index (χ4v) is 1.28. The van der Waals surface area contributed by atoms with Crippen molar-refractivity contribution in [2.24, 2.45) is 0 Å². The Labute approximate surface area is 95.8 Å². The molecular weight excluding hydrogens is 202 g/mol. The van der Waals surface area contributed by atoms with Crippen LogP contribution >= 0.6 is 0 Å². The van der Waals surface area contributed by atoms with E-state index in [0.29, 0.717) is 0 Å². The van der Waals surface area contributed by atoms with E-state index in [4.69, 9.17) is 5.11 Å². The van der Waals surface area contributed by atoms with Crippen LogP contribution in [0, 0.1) is 0 Å². The Kier molecular flexibility index (Phi) is 3.72. The van der Waals surface area contributed by atoms with Crippen molar-refractivity contribution < 1.29 is 9.90 Å². The van der Waals surface area contributed by atoms with Gasteiger partial charge in [-0.3, -0.25) is 0 Å². The van der Waals surface area contributed by atoms with Crippen molar-refractivity contribution >= 4 is 11.7 Å². The molecule has 0 saturated carbocycles. The standard InChI is InChI=1S/C13H17NO2/c1-13(2,3)10-4-6-11(7-5-10)14-9-8-12(15)16/h4-9,14H,1-3H3,(H,15,16)/b9-8+. The third kappa shape index (κ3) is 3.77. The van der Waals surface area contributed by atoms with E-state index >= 15 is 0 Å². The molecular formula is C13H17NO2. The van der Waals surface area contributed by atoms with Crippen molar-refractivity contribution in [3.8, 4) is 0 Å². The SMILES string of the molecule is CC(C)(C)c1ccc(N/C=C/C(=O)O)cc1. The maximum atomic E-state index is 10.2. The monoisotopic (exact) mass is 219 g/mol. The molecule has 3 nitrogen and oxygen atoms in total. The Morgan fingerprint density at radius 2 is 1.81 bits per heavy atom. The number of hydrogen-bond acceptors (Lipinski definition) is 2. The zero-order valence-electron chi connectivity index (χ0n) is 9.82. The Balaban J connectivity index is 2.69. The molecule has 2 N–H and O–H groups in total. The lowest BCUT2D eigenvalue weighted by Crippen LogP contribution is -2.10. The first-order valence-corrected chi connectivity index (χ1v) is 5.16. The average Bonchev–Trinajstić information content (AvgIpc) is 2.16. The van der Waals surface area contributed by atoms with Crippen LogP contribution in [0.25, 0.3) is 0 Å². The molecule has 0 saturated heterocycles. The Hall–Kier alpha value is -1.77. The smallest absolute Gasteiger partial charge is 0.329 e. The summed E-state index contributed by atoms with van der Waals surface area (Å²) >= 11 is 0. The van der Waals surface area contributed by atoms with Gasteiger partial charge >= 0.3 is 5.97 Å². The molecule has 0 radical (unpaired) electrons. The third-order valence-corrected chi connectivity index (χ3v) is 2.23. The lowest BCUT2D eigenvalue weighted by Gasteiger charge is -2.19. The molecule has 0 amide bonds.